The van der Waals surface area contributed by atoms with E-state index in [0.29, 0.717) is 21.3 Å². The average molecular weight is 498 g/mol. The zero-order valence-corrected chi connectivity index (χ0v) is 18.2. The molecule has 0 spiro atoms. The summed E-state index contributed by atoms with van der Waals surface area (Å²) in [5.41, 5.74) is 3.18. The van der Waals surface area contributed by atoms with Crippen molar-refractivity contribution in [2.75, 3.05) is 7.11 Å². The highest BCUT2D eigenvalue weighted by atomic mass is 79.9. The van der Waals surface area contributed by atoms with Crippen LogP contribution in [0.3, 0.4) is 0 Å². The third-order valence-electron chi connectivity index (χ3n) is 4.21. The van der Waals surface area contributed by atoms with Crippen molar-refractivity contribution in [2.45, 2.75) is 0 Å². The Hall–Kier alpha value is -4.05. The summed E-state index contributed by atoms with van der Waals surface area (Å²) in [6.45, 7) is 0. The van der Waals surface area contributed by atoms with Gasteiger partial charge in [0.1, 0.15) is 11.5 Å². The molecule has 9 nitrogen and oxygen atoms in total. The average Bonchev–Trinajstić information content (AvgIpc) is 2.80. The molecule has 1 amide bonds. The second kappa shape index (κ2) is 10.3. The van der Waals surface area contributed by atoms with E-state index >= 15 is 0 Å². The van der Waals surface area contributed by atoms with E-state index in [4.69, 9.17) is 9.47 Å². The first-order valence-corrected chi connectivity index (χ1v) is 9.90. The molecule has 10 heteroatoms. The molecule has 162 valence electrons. The van der Waals surface area contributed by atoms with Gasteiger partial charge >= 0.3 is 5.97 Å². The molecule has 3 aromatic carbocycles. The minimum Gasteiger partial charge on any atom is -0.497 e. The number of amides is 1. The van der Waals surface area contributed by atoms with Gasteiger partial charge < -0.3 is 9.47 Å². The van der Waals surface area contributed by atoms with Crippen molar-refractivity contribution in [1.82, 2.24) is 5.43 Å². The van der Waals surface area contributed by atoms with Crippen molar-refractivity contribution in [2.24, 2.45) is 5.10 Å². The van der Waals surface area contributed by atoms with E-state index in [0.717, 1.165) is 0 Å². The fourth-order valence-electron chi connectivity index (χ4n) is 2.56. The highest BCUT2D eigenvalue weighted by Crippen LogP contribution is 2.23. The molecule has 0 aliphatic heterocycles. The smallest absolute Gasteiger partial charge is 0.343 e. The number of carbonyl (C=O) groups is 2. The molecule has 0 radical (unpaired) electrons. The van der Waals surface area contributed by atoms with Crippen LogP contribution in [0.25, 0.3) is 0 Å². The maximum atomic E-state index is 12.5. The summed E-state index contributed by atoms with van der Waals surface area (Å²) in [7, 11) is 1.53. The van der Waals surface area contributed by atoms with Gasteiger partial charge in [-0.2, -0.15) is 5.10 Å². The molecule has 32 heavy (non-hydrogen) atoms. The number of esters is 1. The molecule has 0 aliphatic rings. The molecule has 1 N–H and O–H groups in total. The SMILES string of the molecule is COc1ccc(C(=O)Oc2ccc(Br)cc2/C=N\NC(=O)c2ccc([N+](=O)[O-])cc2)cc1. The highest BCUT2D eigenvalue weighted by Gasteiger charge is 2.12. The number of rotatable bonds is 7. The Kier molecular flexibility index (Phi) is 7.29. The number of carbonyl (C=O) groups excluding carboxylic acids is 2. The van der Waals surface area contributed by atoms with Crippen LogP contribution in [0.2, 0.25) is 0 Å². The number of nitrogens with zero attached hydrogens (tertiary/aromatic N) is 2. The fourth-order valence-corrected chi connectivity index (χ4v) is 2.94. The third-order valence-corrected chi connectivity index (χ3v) is 4.70. The van der Waals surface area contributed by atoms with E-state index in [9.17, 15) is 19.7 Å². The lowest BCUT2D eigenvalue weighted by Gasteiger charge is -2.08. The normalized spacial score (nSPS) is 10.6. The van der Waals surface area contributed by atoms with Gasteiger partial charge in [-0.3, -0.25) is 14.9 Å². The van der Waals surface area contributed by atoms with Gasteiger partial charge in [-0.15, -0.1) is 0 Å². The van der Waals surface area contributed by atoms with Gasteiger partial charge in [0.2, 0.25) is 0 Å². The number of nitro benzene ring substituents is 1. The van der Waals surface area contributed by atoms with Gasteiger partial charge in [0.15, 0.2) is 0 Å². The zero-order valence-electron chi connectivity index (χ0n) is 16.7. The summed E-state index contributed by atoms with van der Waals surface area (Å²) in [4.78, 5) is 34.8. The number of nitro groups is 1. The third kappa shape index (κ3) is 5.76. The number of nitrogens with one attached hydrogen (secondary N) is 1. The van der Waals surface area contributed by atoms with Gasteiger partial charge in [-0.1, -0.05) is 15.9 Å². The molecule has 0 fully saturated rings. The summed E-state index contributed by atoms with van der Waals surface area (Å²) in [6.07, 6.45) is 1.32. The second-order valence-electron chi connectivity index (χ2n) is 6.30. The Morgan fingerprint density at radius 3 is 2.31 bits per heavy atom. The Balaban J connectivity index is 1.71. The Bertz CT molecular complexity index is 1180. The van der Waals surface area contributed by atoms with Crippen LogP contribution in [0.4, 0.5) is 5.69 Å². The van der Waals surface area contributed by atoms with Crippen LogP contribution in [0.15, 0.2) is 76.3 Å². The van der Waals surface area contributed by atoms with Crippen LogP contribution in [-0.4, -0.2) is 30.1 Å². The van der Waals surface area contributed by atoms with Crippen LogP contribution in [0.5, 0.6) is 11.5 Å². The lowest BCUT2D eigenvalue weighted by molar-refractivity contribution is -0.384. The summed E-state index contributed by atoms with van der Waals surface area (Å²) in [6, 6.07) is 16.5. The number of non-ortho nitro benzene ring substituents is 1. The number of benzene rings is 3. The van der Waals surface area contributed by atoms with Crippen LogP contribution < -0.4 is 14.9 Å². The summed E-state index contributed by atoms with van der Waals surface area (Å²) in [5.74, 6) is -0.272. The minimum absolute atomic E-state index is 0.123. The largest absolute Gasteiger partial charge is 0.497 e. The summed E-state index contributed by atoms with van der Waals surface area (Å²) >= 11 is 3.34. The second-order valence-corrected chi connectivity index (χ2v) is 7.22. The van der Waals surface area contributed by atoms with Crippen molar-refractivity contribution in [3.63, 3.8) is 0 Å². The number of ether oxygens (including phenoxy) is 2. The fraction of sp³-hybridized carbons (Fsp3) is 0.0455. The van der Waals surface area contributed by atoms with Gasteiger partial charge in [0.25, 0.3) is 11.6 Å². The number of hydrogen-bond donors (Lipinski definition) is 1. The molecule has 3 rings (SSSR count). The first kappa shape index (κ1) is 22.6. The highest BCUT2D eigenvalue weighted by molar-refractivity contribution is 9.10. The molecule has 0 bridgehead atoms. The minimum atomic E-state index is -0.570. The van der Waals surface area contributed by atoms with Crippen LogP contribution in [0, 0.1) is 10.1 Å². The molecule has 0 aliphatic carbocycles. The Morgan fingerprint density at radius 1 is 1.03 bits per heavy atom. The molecule has 0 heterocycles. The molecular weight excluding hydrogens is 482 g/mol. The maximum Gasteiger partial charge on any atom is 0.343 e. The summed E-state index contributed by atoms with van der Waals surface area (Å²) in [5, 5.41) is 14.6. The van der Waals surface area contributed by atoms with E-state index in [1.54, 1.807) is 42.5 Å². The van der Waals surface area contributed by atoms with E-state index in [2.05, 4.69) is 26.5 Å². The Labute approximate surface area is 190 Å². The van der Waals surface area contributed by atoms with Crippen molar-refractivity contribution in [1.29, 1.82) is 0 Å². The van der Waals surface area contributed by atoms with Gasteiger partial charge in [0, 0.05) is 27.7 Å². The molecule has 0 unspecified atom stereocenters. The maximum absolute atomic E-state index is 12.5. The predicted octanol–water partition coefficient (Wildman–Crippen LogP) is 4.35. The standard InChI is InChI=1S/C22H16BrN3O6/c1-31-19-9-4-15(5-10-19)22(28)32-20-11-6-17(23)12-16(20)13-24-25-21(27)14-2-7-18(8-3-14)26(29)30/h2-13H,1H3,(H,25,27)/b24-13-. The predicted molar refractivity (Wildman–Crippen MR) is 120 cm³/mol. The number of methoxy groups -OCH3 is 1. The lowest BCUT2D eigenvalue weighted by atomic mass is 10.2. The molecular formula is C22H16BrN3O6. The number of hydrazone groups is 1. The zero-order chi connectivity index (χ0) is 23.1. The molecule has 0 atom stereocenters. The van der Waals surface area contributed by atoms with Crippen molar-refractivity contribution in [3.8, 4) is 11.5 Å². The van der Waals surface area contributed by atoms with Crippen molar-refractivity contribution >= 4 is 39.7 Å². The quantitative estimate of drug-likeness (QED) is 0.170. The van der Waals surface area contributed by atoms with Gasteiger partial charge in [0.05, 0.1) is 23.8 Å². The monoisotopic (exact) mass is 497 g/mol. The molecule has 0 aromatic heterocycles. The molecule has 3 aromatic rings. The van der Waals surface area contributed by atoms with E-state index in [-0.39, 0.29) is 17.0 Å². The van der Waals surface area contributed by atoms with E-state index in [1.165, 1.54) is 37.6 Å². The van der Waals surface area contributed by atoms with Gasteiger partial charge in [-0.25, -0.2) is 10.2 Å². The first-order chi connectivity index (χ1) is 15.4. The van der Waals surface area contributed by atoms with Crippen molar-refractivity contribution in [3.05, 3.63) is 98.0 Å². The number of halogens is 1. The van der Waals surface area contributed by atoms with Crippen molar-refractivity contribution < 1.29 is 24.0 Å². The number of hydrogen-bond acceptors (Lipinski definition) is 7. The van der Waals surface area contributed by atoms with Crippen LogP contribution in [-0.2, 0) is 0 Å². The molecule has 0 saturated heterocycles. The molecule has 0 saturated carbocycles. The Morgan fingerprint density at radius 2 is 1.69 bits per heavy atom. The van der Waals surface area contributed by atoms with E-state index in [1.807, 2.05) is 0 Å². The first-order valence-electron chi connectivity index (χ1n) is 9.11. The summed E-state index contributed by atoms with van der Waals surface area (Å²) < 4.78 is 11.3. The topological polar surface area (TPSA) is 120 Å². The lowest BCUT2D eigenvalue weighted by Crippen LogP contribution is -2.17. The van der Waals surface area contributed by atoms with Crippen LogP contribution >= 0.6 is 15.9 Å². The van der Waals surface area contributed by atoms with Crippen LogP contribution in [0.1, 0.15) is 26.3 Å². The van der Waals surface area contributed by atoms with E-state index < -0.39 is 16.8 Å². The van der Waals surface area contributed by atoms with Gasteiger partial charge in [-0.05, 0) is 54.6 Å².